The Bertz CT molecular complexity index is 371. The summed E-state index contributed by atoms with van der Waals surface area (Å²) in [6, 6.07) is 6.87. The largest absolute Gasteiger partial charge is 0.264 e. The van der Waals surface area contributed by atoms with Crippen LogP contribution in [0.5, 0.6) is 0 Å². The second-order valence-electron chi connectivity index (χ2n) is 3.06. The number of nitrogens with zero attached hydrogens (tertiary/aromatic N) is 1. The lowest BCUT2D eigenvalue weighted by atomic mass is 9.93. The van der Waals surface area contributed by atoms with Gasteiger partial charge in [-0.1, -0.05) is 30.3 Å². The van der Waals surface area contributed by atoms with E-state index in [9.17, 15) is 10.1 Å². The quantitative estimate of drug-likeness (QED) is 0.372. The zero-order valence-corrected chi connectivity index (χ0v) is 7.01. The second kappa shape index (κ2) is 3.01. The van der Waals surface area contributed by atoms with E-state index in [0.717, 1.165) is 17.5 Å². The van der Waals surface area contributed by atoms with Crippen LogP contribution in [-0.2, 0) is 6.42 Å². The third kappa shape index (κ3) is 1.33. The van der Waals surface area contributed by atoms with E-state index in [0.29, 0.717) is 0 Å². The molecule has 1 aliphatic rings. The summed E-state index contributed by atoms with van der Waals surface area (Å²) in [5.41, 5.74) is 1.89. The standard InChI is InChI=1S/C10H9NO2/c12-11(13)10-7-3-5-8-4-1-2-6-9(8)10/h1-4,6-7,10H,5H2. The highest BCUT2D eigenvalue weighted by atomic mass is 16.6. The second-order valence-corrected chi connectivity index (χ2v) is 3.06. The molecule has 0 heterocycles. The highest BCUT2D eigenvalue weighted by Crippen LogP contribution is 2.26. The van der Waals surface area contributed by atoms with Crippen molar-refractivity contribution in [2.75, 3.05) is 0 Å². The Hall–Kier alpha value is -1.64. The minimum absolute atomic E-state index is 0.255. The smallest absolute Gasteiger partial charge is 0.256 e. The molecule has 2 rings (SSSR count). The van der Waals surface area contributed by atoms with Gasteiger partial charge in [-0.15, -0.1) is 0 Å². The number of fused-ring (bicyclic) bond motifs is 1. The number of nitro groups is 1. The highest BCUT2D eigenvalue weighted by molar-refractivity contribution is 5.35. The minimum Gasteiger partial charge on any atom is -0.264 e. The minimum atomic E-state index is -0.648. The van der Waals surface area contributed by atoms with Gasteiger partial charge in [-0.2, -0.15) is 0 Å². The Balaban J connectivity index is 2.48. The van der Waals surface area contributed by atoms with Crippen molar-refractivity contribution >= 4 is 0 Å². The summed E-state index contributed by atoms with van der Waals surface area (Å²) in [6.07, 6.45) is 4.32. The van der Waals surface area contributed by atoms with Crippen LogP contribution in [0.4, 0.5) is 0 Å². The predicted molar refractivity (Wildman–Crippen MR) is 49.0 cm³/mol. The Kier molecular flexibility index (Phi) is 1.85. The lowest BCUT2D eigenvalue weighted by Gasteiger charge is -2.13. The van der Waals surface area contributed by atoms with Crippen LogP contribution in [0.15, 0.2) is 36.4 Å². The Morgan fingerprint density at radius 1 is 1.38 bits per heavy atom. The molecule has 3 nitrogen and oxygen atoms in total. The first kappa shape index (κ1) is 7.98. The van der Waals surface area contributed by atoms with Gasteiger partial charge in [0.1, 0.15) is 0 Å². The summed E-state index contributed by atoms with van der Waals surface area (Å²) in [7, 11) is 0. The number of benzene rings is 1. The van der Waals surface area contributed by atoms with Crippen molar-refractivity contribution in [3.63, 3.8) is 0 Å². The maximum atomic E-state index is 10.7. The van der Waals surface area contributed by atoms with Gasteiger partial charge in [0, 0.05) is 10.5 Å². The van der Waals surface area contributed by atoms with Crippen LogP contribution in [0.2, 0.25) is 0 Å². The third-order valence-electron chi connectivity index (χ3n) is 2.26. The van der Waals surface area contributed by atoms with E-state index >= 15 is 0 Å². The fraction of sp³-hybridized carbons (Fsp3) is 0.200. The molecule has 13 heavy (non-hydrogen) atoms. The van der Waals surface area contributed by atoms with Gasteiger partial charge in [0.15, 0.2) is 0 Å². The predicted octanol–water partition coefficient (Wildman–Crippen LogP) is 2.12. The zero-order chi connectivity index (χ0) is 9.26. The molecule has 1 aromatic carbocycles. The number of rotatable bonds is 1. The first-order valence-corrected chi connectivity index (χ1v) is 4.17. The fourth-order valence-electron chi connectivity index (χ4n) is 1.62. The molecule has 0 aromatic heterocycles. The molecule has 0 saturated heterocycles. The Morgan fingerprint density at radius 2 is 2.15 bits per heavy atom. The lowest BCUT2D eigenvalue weighted by molar-refractivity contribution is -0.515. The summed E-state index contributed by atoms with van der Waals surface area (Å²) < 4.78 is 0. The van der Waals surface area contributed by atoms with Crippen LogP contribution >= 0.6 is 0 Å². The van der Waals surface area contributed by atoms with Crippen molar-refractivity contribution in [2.45, 2.75) is 12.5 Å². The molecule has 66 valence electrons. The molecule has 0 aliphatic heterocycles. The summed E-state index contributed by atoms with van der Waals surface area (Å²) in [5, 5.41) is 10.7. The van der Waals surface area contributed by atoms with Crippen LogP contribution in [0, 0.1) is 10.1 Å². The SMILES string of the molecule is O=[N+]([O-])C1C=CCc2ccccc21. The topological polar surface area (TPSA) is 43.1 Å². The normalized spacial score (nSPS) is 19.5. The first-order chi connectivity index (χ1) is 6.29. The summed E-state index contributed by atoms with van der Waals surface area (Å²) >= 11 is 0. The first-order valence-electron chi connectivity index (χ1n) is 4.17. The van der Waals surface area contributed by atoms with E-state index in [1.54, 1.807) is 6.08 Å². The van der Waals surface area contributed by atoms with Crippen molar-refractivity contribution in [1.29, 1.82) is 0 Å². The van der Waals surface area contributed by atoms with Crippen LogP contribution in [-0.4, -0.2) is 4.92 Å². The van der Waals surface area contributed by atoms with E-state index in [2.05, 4.69) is 0 Å². The molecule has 1 unspecified atom stereocenters. The molecule has 0 amide bonds. The van der Waals surface area contributed by atoms with E-state index in [4.69, 9.17) is 0 Å². The molecule has 0 radical (unpaired) electrons. The monoisotopic (exact) mass is 175 g/mol. The van der Waals surface area contributed by atoms with Gasteiger partial charge in [0.25, 0.3) is 6.04 Å². The number of hydrogen-bond donors (Lipinski definition) is 0. The Morgan fingerprint density at radius 3 is 2.92 bits per heavy atom. The molecule has 1 aromatic rings. The van der Waals surface area contributed by atoms with Gasteiger partial charge in [-0.05, 0) is 18.1 Å². The molecule has 0 N–H and O–H groups in total. The van der Waals surface area contributed by atoms with E-state index < -0.39 is 6.04 Å². The molecule has 0 fully saturated rings. The van der Waals surface area contributed by atoms with Gasteiger partial charge in [-0.25, -0.2) is 0 Å². The fourth-order valence-corrected chi connectivity index (χ4v) is 1.62. The van der Waals surface area contributed by atoms with E-state index in [-0.39, 0.29) is 4.92 Å². The summed E-state index contributed by atoms with van der Waals surface area (Å²) in [4.78, 5) is 10.4. The lowest BCUT2D eigenvalue weighted by Crippen LogP contribution is -2.12. The molecule has 0 spiro atoms. The van der Waals surface area contributed by atoms with Crippen molar-refractivity contribution < 1.29 is 4.92 Å². The number of hydrogen-bond acceptors (Lipinski definition) is 2. The van der Waals surface area contributed by atoms with Crippen LogP contribution in [0.1, 0.15) is 17.2 Å². The maximum Gasteiger partial charge on any atom is 0.256 e. The van der Waals surface area contributed by atoms with E-state index in [1.807, 2.05) is 30.3 Å². The molecule has 1 atom stereocenters. The average Bonchev–Trinajstić information content (AvgIpc) is 2.17. The molecular weight excluding hydrogens is 166 g/mol. The van der Waals surface area contributed by atoms with Gasteiger partial charge >= 0.3 is 0 Å². The van der Waals surface area contributed by atoms with Gasteiger partial charge < -0.3 is 0 Å². The van der Waals surface area contributed by atoms with Crippen molar-refractivity contribution in [1.82, 2.24) is 0 Å². The molecular formula is C10H9NO2. The average molecular weight is 175 g/mol. The van der Waals surface area contributed by atoms with Gasteiger partial charge in [0.05, 0.1) is 0 Å². The van der Waals surface area contributed by atoms with Crippen LogP contribution < -0.4 is 0 Å². The molecule has 1 aliphatic carbocycles. The van der Waals surface area contributed by atoms with Crippen LogP contribution in [0.3, 0.4) is 0 Å². The van der Waals surface area contributed by atoms with Gasteiger partial charge in [-0.3, -0.25) is 10.1 Å². The number of allylic oxidation sites excluding steroid dienone is 1. The molecule has 0 saturated carbocycles. The summed E-state index contributed by atoms with van der Waals surface area (Å²) in [5.74, 6) is 0. The van der Waals surface area contributed by atoms with Gasteiger partial charge in [0.2, 0.25) is 0 Å². The maximum absolute atomic E-state index is 10.7. The van der Waals surface area contributed by atoms with Crippen molar-refractivity contribution in [3.8, 4) is 0 Å². The Labute approximate surface area is 75.8 Å². The molecule has 3 heteroatoms. The van der Waals surface area contributed by atoms with Crippen molar-refractivity contribution in [3.05, 3.63) is 57.7 Å². The van der Waals surface area contributed by atoms with Crippen LogP contribution in [0.25, 0.3) is 0 Å². The van der Waals surface area contributed by atoms with E-state index in [1.165, 1.54) is 0 Å². The zero-order valence-electron chi connectivity index (χ0n) is 7.01. The summed E-state index contributed by atoms with van der Waals surface area (Å²) in [6.45, 7) is 0. The molecule has 0 bridgehead atoms. The third-order valence-corrected chi connectivity index (χ3v) is 2.26. The van der Waals surface area contributed by atoms with Crippen molar-refractivity contribution in [2.24, 2.45) is 0 Å². The highest BCUT2D eigenvalue weighted by Gasteiger charge is 2.24.